The van der Waals surface area contributed by atoms with Crippen LogP contribution >= 0.6 is 0 Å². The van der Waals surface area contributed by atoms with Crippen LogP contribution < -0.4 is 5.32 Å². The lowest BCUT2D eigenvalue weighted by Gasteiger charge is -2.15. The molecule has 0 spiro atoms. The number of hydrogen-bond acceptors (Lipinski definition) is 3. The number of rotatable bonds is 5. The Kier molecular flexibility index (Phi) is 5.21. The molecule has 1 amide bonds. The molecular formula is C18H21NO3S. The first-order valence-electron chi connectivity index (χ1n) is 7.39. The number of amides is 1. The fraction of sp³-hybridized carbons (Fsp3) is 0.278. The van der Waals surface area contributed by atoms with Crippen LogP contribution in [0.1, 0.15) is 40.0 Å². The van der Waals surface area contributed by atoms with Gasteiger partial charge in [0.05, 0.1) is 11.8 Å². The fourth-order valence-electron chi connectivity index (χ4n) is 2.32. The molecule has 2 aromatic rings. The van der Waals surface area contributed by atoms with Crippen LogP contribution in [0.5, 0.6) is 0 Å². The van der Waals surface area contributed by atoms with E-state index in [1.807, 2.05) is 38.1 Å². The van der Waals surface area contributed by atoms with Crippen molar-refractivity contribution < 1.29 is 13.2 Å². The van der Waals surface area contributed by atoms with Gasteiger partial charge < -0.3 is 5.32 Å². The second-order valence-electron chi connectivity index (χ2n) is 5.88. The predicted molar refractivity (Wildman–Crippen MR) is 92.1 cm³/mol. The summed E-state index contributed by atoms with van der Waals surface area (Å²) in [6.07, 6.45) is 1.18. The van der Waals surface area contributed by atoms with Crippen LogP contribution in [0.3, 0.4) is 0 Å². The summed E-state index contributed by atoms with van der Waals surface area (Å²) >= 11 is 0. The number of carbonyl (C=O) groups is 1. The number of hydrogen-bond donors (Lipinski definition) is 1. The Morgan fingerprint density at radius 1 is 1.13 bits per heavy atom. The number of sulfone groups is 1. The van der Waals surface area contributed by atoms with Gasteiger partial charge in [-0.1, -0.05) is 42.0 Å². The quantitative estimate of drug-likeness (QED) is 0.916. The van der Waals surface area contributed by atoms with Crippen molar-refractivity contribution in [2.75, 3.05) is 6.26 Å². The van der Waals surface area contributed by atoms with Crippen LogP contribution in [0.25, 0.3) is 0 Å². The van der Waals surface area contributed by atoms with Crippen molar-refractivity contribution in [1.29, 1.82) is 0 Å². The molecule has 1 atom stereocenters. The largest absolute Gasteiger partial charge is 0.346 e. The van der Waals surface area contributed by atoms with Gasteiger partial charge in [0.25, 0.3) is 5.91 Å². The summed E-state index contributed by atoms with van der Waals surface area (Å²) in [4.78, 5) is 12.4. The highest BCUT2D eigenvalue weighted by molar-refractivity contribution is 7.89. The van der Waals surface area contributed by atoms with Gasteiger partial charge in [0.2, 0.25) is 0 Å². The van der Waals surface area contributed by atoms with Gasteiger partial charge in [-0.25, -0.2) is 8.42 Å². The molecule has 0 radical (unpaired) electrons. The molecule has 5 heteroatoms. The molecule has 0 aliphatic rings. The molecule has 0 saturated carbocycles. The second-order valence-corrected chi connectivity index (χ2v) is 8.02. The van der Waals surface area contributed by atoms with E-state index >= 15 is 0 Å². The van der Waals surface area contributed by atoms with Crippen LogP contribution in [-0.2, 0) is 15.6 Å². The van der Waals surface area contributed by atoms with Gasteiger partial charge >= 0.3 is 0 Å². The molecule has 0 aliphatic heterocycles. The van der Waals surface area contributed by atoms with Crippen LogP contribution in [0.4, 0.5) is 0 Å². The van der Waals surface area contributed by atoms with Crippen LogP contribution in [0.15, 0.2) is 48.5 Å². The van der Waals surface area contributed by atoms with E-state index in [0.29, 0.717) is 11.1 Å². The minimum absolute atomic E-state index is 0.0678. The molecule has 0 saturated heterocycles. The third-order valence-electron chi connectivity index (χ3n) is 3.54. The molecule has 0 bridgehead atoms. The molecule has 23 heavy (non-hydrogen) atoms. The summed E-state index contributed by atoms with van der Waals surface area (Å²) < 4.78 is 22.7. The lowest BCUT2D eigenvalue weighted by Crippen LogP contribution is -2.26. The summed E-state index contributed by atoms with van der Waals surface area (Å²) in [5.41, 5.74) is 3.27. The number of carbonyl (C=O) groups excluding carboxylic acids is 1. The molecule has 2 aromatic carbocycles. The van der Waals surface area contributed by atoms with E-state index in [1.165, 1.54) is 11.8 Å². The highest BCUT2D eigenvalue weighted by Gasteiger charge is 2.13. The molecule has 4 nitrogen and oxygen atoms in total. The van der Waals surface area contributed by atoms with Crippen molar-refractivity contribution in [1.82, 2.24) is 5.32 Å². The Morgan fingerprint density at radius 2 is 1.78 bits per heavy atom. The van der Waals surface area contributed by atoms with Crippen LogP contribution in [0, 0.1) is 6.92 Å². The topological polar surface area (TPSA) is 63.2 Å². The summed E-state index contributed by atoms with van der Waals surface area (Å²) in [6.45, 7) is 3.93. The molecular weight excluding hydrogens is 310 g/mol. The molecule has 0 heterocycles. The van der Waals surface area contributed by atoms with Crippen LogP contribution in [-0.4, -0.2) is 20.6 Å². The number of aryl methyl sites for hydroxylation is 1. The third kappa shape index (κ3) is 5.21. The first kappa shape index (κ1) is 17.2. The minimum atomic E-state index is -3.12. The number of nitrogens with one attached hydrogen (secondary N) is 1. The lowest BCUT2D eigenvalue weighted by molar-refractivity contribution is 0.0939. The van der Waals surface area contributed by atoms with Gasteiger partial charge in [-0.3, -0.25) is 4.79 Å². The Hall–Kier alpha value is -2.14. The van der Waals surface area contributed by atoms with Gasteiger partial charge in [0.1, 0.15) is 0 Å². The Bertz CT molecular complexity index is 795. The monoisotopic (exact) mass is 331 g/mol. The summed E-state index contributed by atoms with van der Waals surface area (Å²) in [7, 11) is -3.12. The summed E-state index contributed by atoms with van der Waals surface area (Å²) in [6, 6.07) is 14.6. The highest BCUT2D eigenvalue weighted by Crippen LogP contribution is 2.15. The van der Waals surface area contributed by atoms with Crippen molar-refractivity contribution in [3.63, 3.8) is 0 Å². The standard InChI is InChI=1S/C18H21NO3S/c1-13-7-9-16(10-8-13)14(2)19-18(20)17-6-4-5-15(11-17)12-23(3,21)22/h4-11,14H,12H2,1-3H3,(H,19,20). The van der Waals surface area contributed by atoms with Gasteiger partial charge in [-0.05, 0) is 37.1 Å². The smallest absolute Gasteiger partial charge is 0.251 e. The average Bonchev–Trinajstić information content (AvgIpc) is 2.46. The van der Waals surface area contributed by atoms with Gasteiger partial charge in [0.15, 0.2) is 9.84 Å². The molecule has 0 aromatic heterocycles. The van der Waals surface area contributed by atoms with Gasteiger partial charge in [0, 0.05) is 11.8 Å². The van der Waals surface area contributed by atoms with E-state index in [1.54, 1.807) is 24.3 Å². The maximum Gasteiger partial charge on any atom is 0.251 e. The Balaban J connectivity index is 2.11. The fourth-order valence-corrected chi connectivity index (χ4v) is 3.11. The summed E-state index contributed by atoms with van der Waals surface area (Å²) in [5.74, 6) is -0.282. The van der Waals surface area contributed by atoms with Crippen LogP contribution in [0.2, 0.25) is 0 Å². The Morgan fingerprint density at radius 3 is 2.39 bits per heavy atom. The molecule has 1 unspecified atom stereocenters. The van der Waals surface area contributed by atoms with E-state index in [2.05, 4.69) is 5.32 Å². The molecule has 2 rings (SSSR count). The molecule has 1 N–H and O–H groups in total. The molecule has 0 fully saturated rings. The van der Waals surface area contributed by atoms with Crippen molar-refractivity contribution in [3.8, 4) is 0 Å². The Labute approximate surface area is 137 Å². The zero-order valence-electron chi connectivity index (χ0n) is 13.5. The van der Waals surface area contributed by atoms with Gasteiger partial charge in [-0.15, -0.1) is 0 Å². The first-order chi connectivity index (χ1) is 10.7. The second kappa shape index (κ2) is 6.96. The van der Waals surface area contributed by atoms with E-state index in [4.69, 9.17) is 0 Å². The van der Waals surface area contributed by atoms with Gasteiger partial charge in [-0.2, -0.15) is 0 Å². The van der Waals surface area contributed by atoms with E-state index in [0.717, 1.165) is 5.56 Å². The molecule has 122 valence electrons. The van der Waals surface area contributed by atoms with E-state index in [9.17, 15) is 13.2 Å². The maximum absolute atomic E-state index is 12.4. The van der Waals surface area contributed by atoms with Crippen molar-refractivity contribution in [3.05, 3.63) is 70.8 Å². The maximum atomic E-state index is 12.4. The van der Waals surface area contributed by atoms with Crippen molar-refractivity contribution >= 4 is 15.7 Å². The molecule has 0 aliphatic carbocycles. The van der Waals surface area contributed by atoms with Crippen molar-refractivity contribution in [2.45, 2.75) is 25.6 Å². The summed E-state index contributed by atoms with van der Waals surface area (Å²) in [5, 5.41) is 2.93. The van der Waals surface area contributed by atoms with E-state index in [-0.39, 0.29) is 17.7 Å². The highest BCUT2D eigenvalue weighted by atomic mass is 32.2. The SMILES string of the molecule is Cc1ccc(C(C)NC(=O)c2cccc(CS(C)(=O)=O)c2)cc1. The lowest BCUT2D eigenvalue weighted by atomic mass is 10.1. The zero-order chi connectivity index (χ0) is 17.0. The predicted octanol–water partition coefficient (Wildman–Crippen LogP) is 3.03. The third-order valence-corrected chi connectivity index (χ3v) is 4.40. The number of benzene rings is 2. The van der Waals surface area contributed by atoms with E-state index < -0.39 is 9.84 Å². The first-order valence-corrected chi connectivity index (χ1v) is 9.45. The van der Waals surface area contributed by atoms with Crippen molar-refractivity contribution in [2.24, 2.45) is 0 Å². The normalized spacial score (nSPS) is 12.7. The minimum Gasteiger partial charge on any atom is -0.346 e. The zero-order valence-corrected chi connectivity index (χ0v) is 14.4. The average molecular weight is 331 g/mol.